The van der Waals surface area contributed by atoms with E-state index in [2.05, 4.69) is 10.6 Å². The maximum absolute atomic E-state index is 13.0. The zero-order chi connectivity index (χ0) is 19.0. The topological polar surface area (TPSA) is 105 Å². The van der Waals surface area contributed by atoms with E-state index in [0.717, 1.165) is 36.1 Å². The lowest BCUT2D eigenvalue weighted by Gasteiger charge is -2.15. The van der Waals surface area contributed by atoms with Gasteiger partial charge in [0.05, 0.1) is 23.3 Å². The number of amides is 2. The monoisotopic (exact) mass is 408 g/mol. The Morgan fingerprint density at radius 1 is 1.19 bits per heavy atom. The number of hydrogen-bond acceptors (Lipinski definition) is 6. The number of hydrogen-bond donors (Lipinski definition) is 2. The van der Waals surface area contributed by atoms with Crippen LogP contribution < -0.4 is 10.6 Å². The highest BCUT2D eigenvalue weighted by Crippen LogP contribution is 2.38. The van der Waals surface area contributed by atoms with Gasteiger partial charge in [-0.1, -0.05) is 0 Å². The Morgan fingerprint density at radius 3 is 2.70 bits per heavy atom. The molecular formula is C18H20N2O5S2. The van der Waals surface area contributed by atoms with Crippen molar-refractivity contribution >= 4 is 38.0 Å². The van der Waals surface area contributed by atoms with E-state index >= 15 is 0 Å². The molecule has 1 aliphatic heterocycles. The van der Waals surface area contributed by atoms with Crippen molar-refractivity contribution in [3.8, 4) is 0 Å². The van der Waals surface area contributed by atoms with Crippen LogP contribution in [-0.2, 0) is 22.7 Å². The first-order chi connectivity index (χ1) is 12.9. The average Bonchev–Trinajstić information content (AvgIpc) is 3.33. The van der Waals surface area contributed by atoms with Crippen LogP contribution in [0, 0.1) is 0 Å². The molecule has 9 heteroatoms. The van der Waals surface area contributed by atoms with Crippen molar-refractivity contribution in [3.05, 3.63) is 40.2 Å². The third-order valence-corrected chi connectivity index (χ3v) is 7.91. The van der Waals surface area contributed by atoms with Crippen molar-refractivity contribution in [2.24, 2.45) is 0 Å². The summed E-state index contributed by atoms with van der Waals surface area (Å²) in [7, 11) is -3.08. The predicted octanol–water partition coefficient (Wildman–Crippen LogP) is 2.39. The van der Waals surface area contributed by atoms with E-state index in [1.165, 1.54) is 17.6 Å². The molecule has 0 saturated carbocycles. The molecule has 2 N–H and O–H groups in total. The second kappa shape index (κ2) is 7.12. The molecule has 0 aromatic carbocycles. The Kier molecular flexibility index (Phi) is 4.81. The van der Waals surface area contributed by atoms with Crippen LogP contribution in [0.25, 0.3) is 0 Å². The van der Waals surface area contributed by atoms with E-state index in [9.17, 15) is 18.0 Å². The summed E-state index contributed by atoms with van der Waals surface area (Å²) in [6.45, 7) is 0. The van der Waals surface area contributed by atoms with Crippen LogP contribution in [-0.4, -0.2) is 37.8 Å². The molecule has 2 aliphatic rings. The van der Waals surface area contributed by atoms with Crippen LogP contribution >= 0.6 is 11.3 Å². The molecule has 4 rings (SSSR count). The molecule has 1 aliphatic carbocycles. The molecule has 1 atom stereocenters. The van der Waals surface area contributed by atoms with Gasteiger partial charge in [0.15, 0.2) is 15.6 Å². The third-order valence-electron chi connectivity index (χ3n) is 4.94. The van der Waals surface area contributed by atoms with Crippen molar-refractivity contribution in [1.29, 1.82) is 0 Å². The van der Waals surface area contributed by atoms with Crippen LogP contribution in [0.5, 0.6) is 0 Å². The lowest BCUT2D eigenvalue weighted by Crippen LogP contribution is -2.36. The third kappa shape index (κ3) is 3.79. The smallest absolute Gasteiger partial charge is 0.291 e. The molecule has 1 fully saturated rings. The van der Waals surface area contributed by atoms with E-state index in [1.807, 2.05) is 0 Å². The van der Waals surface area contributed by atoms with Gasteiger partial charge in [-0.05, 0) is 49.8 Å². The standard InChI is InChI=1S/C18H20N2O5S2/c21-16(13-5-3-8-25-13)20-18-15(12-4-1-2-6-14(12)26-18)17(22)19-11-7-9-27(23,24)10-11/h3,5,8,11H,1-2,4,6-7,9-10H2,(H,19,22)(H,20,21)/t11-/m0/s1. The molecule has 144 valence electrons. The molecule has 2 amide bonds. The minimum Gasteiger partial charge on any atom is -0.459 e. The molecule has 2 aromatic rings. The molecule has 0 radical (unpaired) electrons. The Bertz CT molecular complexity index is 976. The lowest BCUT2D eigenvalue weighted by atomic mass is 9.95. The fourth-order valence-electron chi connectivity index (χ4n) is 3.63. The van der Waals surface area contributed by atoms with Crippen molar-refractivity contribution in [3.63, 3.8) is 0 Å². The molecule has 7 nitrogen and oxygen atoms in total. The van der Waals surface area contributed by atoms with E-state index in [4.69, 9.17) is 4.42 Å². The van der Waals surface area contributed by atoms with Gasteiger partial charge < -0.3 is 15.1 Å². The summed E-state index contributed by atoms with van der Waals surface area (Å²) in [6.07, 6.45) is 5.56. The number of rotatable bonds is 4. The Balaban J connectivity index is 1.61. The first-order valence-corrected chi connectivity index (χ1v) is 11.6. The second-order valence-corrected chi connectivity index (χ2v) is 10.3. The number of nitrogens with one attached hydrogen (secondary N) is 2. The van der Waals surface area contributed by atoms with Gasteiger partial charge in [-0.15, -0.1) is 11.3 Å². The predicted molar refractivity (Wildman–Crippen MR) is 102 cm³/mol. The first kappa shape index (κ1) is 18.2. The van der Waals surface area contributed by atoms with Crippen molar-refractivity contribution < 1.29 is 22.4 Å². The summed E-state index contributed by atoms with van der Waals surface area (Å²) >= 11 is 1.42. The maximum atomic E-state index is 13.0. The summed E-state index contributed by atoms with van der Waals surface area (Å²) < 4.78 is 28.5. The van der Waals surface area contributed by atoms with E-state index in [0.29, 0.717) is 17.0 Å². The average molecular weight is 409 g/mol. The normalized spacial score (nSPS) is 20.8. The van der Waals surface area contributed by atoms with Gasteiger partial charge in [0.25, 0.3) is 11.8 Å². The molecule has 3 heterocycles. The second-order valence-electron chi connectivity index (χ2n) is 6.92. The number of aryl methyl sites for hydroxylation is 1. The highest BCUT2D eigenvalue weighted by molar-refractivity contribution is 7.91. The highest BCUT2D eigenvalue weighted by Gasteiger charge is 2.32. The van der Waals surface area contributed by atoms with Crippen molar-refractivity contribution in [1.82, 2.24) is 5.32 Å². The van der Waals surface area contributed by atoms with Gasteiger partial charge in [0.2, 0.25) is 0 Å². The molecular weight excluding hydrogens is 388 g/mol. The largest absolute Gasteiger partial charge is 0.459 e. The molecule has 0 unspecified atom stereocenters. The number of carbonyl (C=O) groups excluding carboxylic acids is 2. The van der Waals surface area contributed by atoms with E-state index in [-0.39, 0.29) is 29.2 Å². The summed E-state index contributed by atoms with van der Waals surface area (Å²) in [5.74, 6) is -0.474. The van der Waals surface area contributed by atoms with Gasteiger partial charge >= 0.3 is 0 Å². The summed E-state index contributed by atoms with van der Waals surface area (Å²) in [5, 5.41) is 6.15. The zero-order valence-corrected chi connectivity index (χ0v) is 16.2. The maximum Gasteiger partial charge on any atom is 0.291 e. The van der Waals surface area contributed by atoms with Crippen LogP contribution in [0.3, 0.4) is 0 Å². The van der Waals surface area contributed by atoms with Gasteiger partial charge in [-0.3, -0.25) is 9.59 Å². The molecule has 2 aromatic heterocycles. The number of anilines is 1. The number of fused-ring (bicyclic) bond motifs is 1. The number of thiophene rings is 1. The fraction of sp³-hybridized carbons (Fsp3) is 0.444. The number of sulfone groups is 1. The van der Waals surface area contributed by atoms with Crippen LogP contribution in [0.15, 0.2) is 22.8 Å². The van der Waals surface area contributed by atoms with Crippen LogP contribution in [0.2, 0.25) is 0 Å². The minimum absolute atomic E-state index is 0.0286. The van der Waals surface area contributed by atoms with Crippen LogP contribution in [0.1, 0.15) is 50.6 Å². The Hall–Kier alpha value is -2.13. The van der Waals surface area contributed by atoms with Gasteiger partial charge in [0.1, 0.15) is 5.00 Å². The SMILES string of the molecule is O=C(Nc1sc2c(c1C(=O)N[C@H]1CCS(=O)(=O)C1)CCCC2)c1ccco1. The zero-order valence-electron chi connectivity index (χ0n) is 14.6. The Labute approximate surface area is 161 Å². The van der Waals surface area contributed by atoms with E-state index < -0.39 is 15.7 Å². The van der Waals surface area contributed by atoms with Gasteiger partial charge in [-0.25, -0.2) is 8.42 Å². The van der Waals surface area contributed by atoms with Crippen molar-refractivity contribution in [2.45, 2.75) is 38.1 Å². The summed E-state index contributed by atoms with van der Waals surface area (Å²) in [5.41, 5.74) is 1.44. The first-order valence-electron chi connectivity index (χ1n) is 8.93. The molecule has 1 saturated heterocycles. The quantitative estimate of drug-likeness (QED) is 0.808. The van der Waals surface area contributed by atoms with Gasteiger partial charge in [0, 0.05) is 10.9 Å². The lowest BCUT2D eigenvalue weighted by molar-refractivity contribution is 0.0941. The number of furan rings is 1. The summed E-state index contributed by atoms with van der Waals surface area (Å²) in [6, 6.07) is 2.81. The molecule has 27 heavy (non-hydrogen) atoms. The molecule has 0 spiro atoms. The minimum atomic E-state index is -3.08. The van der Waals surface area contributed by atoms with E-state index in [1.54, 1.807) is 12.1 Å². The highest BCUT2D eigenvalue weighted by atomic mass is 32.2. The molecule has 0 bridgehead atoms. The van der Waals surface area contributed by atoms with Gasteiger partial charge in [-0.2, -0.15) is 0 Å². The Morgan fingerprint density at radius 2 is 2.00 bits per heavy atom. The summed E-state index contributed by atoms with van der Waals surface area (Å²) in [4.78, 5) is 26.5. The van der Waals surface area contributed by atoms with Crippen LogP contribution in [0.4, 0.5) is 5.00 Å². The fourth-order valence-corrected chi connectivity index (χ4v) is 6.59. The number of carbonyl (C=O) groups is 2. The van der Waals surface area contributed by atoms with Crippen molar-refractivity contribution in [2.75, 3.05) is 16.8 Å².